The van der Waals surface area contributed by atoms with Crippen LogP contribution in [0.4, 0.5) is 0 Å². The molecule has 2 aliphatic heterocycles. The van der Waals surface area contributed by atoms with Crippen LogP contribution >= 0.6 is 11.8 Å². The van der Waals surface area contributed by atoms with Crippen LogP contribution in [0.3, 0.4) is 0 Å². The monoisotopic (exact) mass is 282 g/mol. The molecule has 3 aliphatic rings. The highest BCUT2D eigenvalue weighted by atomic mass is 32.2. The Labute approximate surface area is 121 Å². The largest absolute Gasteiger partial charge is 0.378 e. The van der Waals surface area contributed by atoms with E-state index < -0.39 is 0 Å². The van der Waals surface area contributed by atoms with Crippen LogP contribution in [0.15, 0.2) is 4.99 Å². The molecule has 3 rings (SSSR count). The molecule has 0 amide bonds. The molecule has 4 heteroatoms. The fraction of sp³-hybridized carbons (Fsp3) is 0.933. The van der Waals surface area contributed by atoms with E-state index in [9.17, 15) is 0 Å². The lowest BCUT2D eigenvalue weighted by molar-refractivity contribution is 0.106. The van der Waals surface area contributed by atoms with Crippen LogP contribution in [0.5, 0.6) is 0 Å². The second-order valence-corrected chi connectivity index (χ2v) is 7.44. The van der Waals surface area contributed by atoms with Gasteiger partial charge in [0.05, 0.1) is 6.10 Å². The molecule has 2 fully saturated rings. The van der Waals surface area contributed by atoms with Gasteiger partial charge in [-0.1, -0.05) is 31.0 Å². The molecule has 0 aromatic rings. The summed E-state index contributed by atoms with van der Waals surface area (Å²) in [7, 11) is 0. The summed E-state index contributed by atoms with van der Waals surface area (Å²) < 4.78 is 5.61. The number of rotatable bonds is 2. The van der Waals surface area contributed by atoms with Gasteiger partial charge < -0.3 is 10.1 Å². The van der Waals surface area contributed by atoms with E-state index >= 15 is 0 Å². The number of nitrogens with one attached hydrogen (secondary N) is 1. The zero-order chi connectivity index (χ0) is 13.1. The Morgan fingerprint density at radius 2 is 2.21 bits per heavy atom. The lowest BCUT2D eigenvalue weighted by Gasteiger charge is -2.38. The van der Waals surface area contributed by atoms with Crippen molar-refractivity contribution < 1.29 is 4.74 Å². The fourth-order valence-electron chi connectivity index (χ4n) is 3.53. The summed E-state index contributed by atoms with van der Waals surface area (Å²) in [5.74, 6) is 1.93. The van der Waals surface area contributed by atoms with Crippen molar-refractivity contribution in [3.8, 4) is 0 Å². The SMILES string of the molecule is CC1OCCC1CNC1=NCC2(CCCCC2)CS1. The number of hydrogen-bond donors (Lipinski definition) is 1. The maximum absolute atomic E-state index is 5.61. The van der Waals surface area contributed by atoms with E-state index in [1.165, 1.54) is 49.4 Å². The van der Waals surface area contributed by atoms with E-state index in [2.05, 4.69) is 12.2 Å². The lowest BCUT2D eigenvalue weighted by atomic mass is 9.75. The molecule has 2 atom stereocenters. The smallest absolute Gasteiger partial charge is 0.156 e. The molecule has 2 heterocycles. The summed E-state index contributed by atoms with van der Waals surface area (Å²) in [6.45, 7) is 5.20. The average Bonchev–Trinajstić information content (AvgIpc) is 2.85. The van der Waals surface area contributed by atoms with Gasteiger partial charge in [0.2, 0.25) is 0 Å². The van der Waals surface area contributed by atoms with Gasteiger partial charge in [-0.2, -0.15) is 0 Å². The van der Waals surface area contributed by atoms with Crippen molar-refractivity contribution in [2.45, 2.75) is 51.6 Å². The summed E-state index contributed by atoms with van der Waals surface area (Å²) in [6.07, 6.45) is 8.64. The maximum Gasteiger partial charge on any atom is 0.156 e. The number of hydrogen-bond acceptors (Lipinski definition) is 4. The number of nitrogens with zero attached hydrogens (tertiary/aromatic N) is 1. The van der Waals surface area contributed by atoms with E-state index in [-0.39, 0.29) is 0 Å². The Balaban J connectivity index is 1.48. The average molecular weight is 282 g/mol. The molecule has 1 saturated heterocycles. The molecular weight excluding hydrogens is 256 g/mol. The van der Waals surface area contributed by atoms with Crippen molar-refractivity contribution >= 4 is 16.9 Å². The van der Waals surface area contributed by atoms with Crippen LogP contribution in [-0.2, 0) is 4.74 Å². The zero-order valence-corrected chi connectivity index (χ0v) is 12.8. The predicted molar refractivity (Wildman–Crippen MR) is 81.8 cm³/mol. The number of amidine groups is 1. The van der Waals surface area contributed by atoms with Crippen LogP contribution < -0.4 is 5.32 Å². The van der Waals surface area contributed by atoms with Crippen molar-refractivity contribution in [2.75, 3.05) is 25.4 Å². The number of ether oxygens (including phenoxy) is 1. The van der Waals surface area contributed by atoms with Gasteiger partial charge in [-0.3, -0.25) is 4.99 Å². The van der Waals surface area contributed by atoms with Crippen molar-refractivity contribution in [3.05, 3.63) is 0 Å². The third-order valence-corrected chi connectivity index (χ3v) is 6.34. The van der Waals surface area contributed by atoms with Crippen LogP contribution in [0.25, 0.3) is 0 Å². The highest BCUT2D eigenvalue weighted by molar-refractivity contribution is 8.13. The molecule has 0 aromatic heterocycles. The third-order valence-electron chi connectivity index (χ3n) is 5.04. The predicted octanol–water partition coefficient (Wildman–Crippen LogP) is 3.05. The standard InChI is InChI=1S/C15H26N2OS/c1-12-13(5-8-18-12)9-16-14-17-10-15(11-19-14)6-3-2-4-7-15/h12-13H,2-11H2,1H3,(H,16,17). The fourth-order valence-corrected chi connectivity index (χ4v) is 4.69. The first-order chi connectivity index (χ1) is 9.27. The van der Waals surface area contributed by atoms with E-state index in [0.717, 1.165) is 19.7 Å². The van der Waals surface area contributed by atoms with Gasteiger partial charge in [0.1, 0.15) is 0 Å². The second kappa shape index (κ2) is 6.04. The lowest BCUT2D eigenvalue weighted by Crippen LogP contribution is -2.38. The molecule has 1 aliphatic carbocycles. The van der Waals surface area contributed by atoms with Gasteiger partial charge in [-0.25, -0.2) is 0 Å². The third kappa shape index (κ3) is 3.27. The van der Waals surface area contributed by atoms with E-state index in [1.54, 1.807) is 0 Å². The summed E-state index contributed by atoms with van der Waals surface area (Å²) >= 11 is 1.95. The first-order valence-electron chi connectivity index (χ1n) is 7.80. The number of thioether (sulfide) groups is 1. The Bertz CT molecular complexity index is 339. The quantitative estimate of drug-likeness (QED) is 0.845. The van der Waals surface area contributed by atoms with E-state index in [1.807, 2.05) is 11.8 Å². The van der Waals surface area contributed by atoms with Crippen LogP contribution in [0.2, 0.25) is 0 Å². The summed E-state index contributed by atoms with van der Waals surface area (Å²) in [5.41, 5.74) is 0.540. The minimum atomic E-state index is 0.409. The maximum atomic E-state index is 5.61. The molecular formula is C15H26N2OS. The van der Waals surface area contributed by atoms with Gasteiger partial charge in [0.25, 0.3) is 0 Å². The van der Waals surface area contributed by atoms with E-state index in [0.29, 0.717) is 17.4 Å². The highest BCUT2D eigenvalue weighted by Crippen LogP contribution is 2.41. The highest BCUT2D eigenvalue weighted by Gasteiger charge is 2.35. The van der Waals surface area contributed by atoms with Crippen LogP contribution in [0.1, 0.15) is 45.4 Å². The molecule has 3 nitrogen and oxygen atoms in total. The summed E-state index contributed by atoms with van der Waals surface area (Å²) in [4.78, 5) is 4.82. The molecule has 1 spiro atoms. The van der Waals surface area contributed by atoms with Gasteiger partial charge in [0.15, 0.2) is 5.17 Å². The topological polar surface area (TPSA) is 33.6 Å². The second-order valence-electron chi connectivity index (χ2n) is 6.48. The zero-order valence-electron chi connectivity index (χ0n) is 12.0. The molecule has 1 saturated carbocycles. The number of aliphatic imine (C=N–C) groups is 1. The van der Waals surface area contributed by atoms with Gasteiger partial charge >= 0.3 is 0 Å². The Hall–Kier alpha value is -0.220. The van der Waals surface area contributed by atoms with Crippen molar-refractivity contribution in [2.24, 2.45) is 16.3 Å². The van der Waals surface area contributed by atoms with E-state index in [4.69, 9.17) is 9.73 Å². The van der Waals surface area contributed by atoms with Gasteiger partial charge in [-0.05, 0) is 31.6 Å². The molecule has 2 unspecified atom stereocenters. The van der Waals surface area contributed by atoms with Crippen molar-refractivity contribution in [1.82, 2.24) is 5.32 Å². The first kappa shape index (κ1) is 13.7. The Morgan fingerprint density at radius 1 is 1.37 bits per heavy atom. The van der Waals surface area contributed by atoms with Crippen LogP contribution in [0, 0.1) is 11.3 Å². The molecule has 0 bridgehead atoms. The molecule has 108 valence electrons. The molecule has 19 heavy (non-hydrogen) atoms. The van der Waals surface area contributed by atoms with Crippen molar-refractivity contribution in [1.29, 1.82) is 0 Å². The van der Waals surface area contributed by atoms with Crippen molar-refractivity contribution in [3.63, 3.8) is 0 Å². The Kier molecular flexibility index (Phi) is 4.37. The van der Waals surface area contributed by atoms with Gasteiger partial charge in [-0.15, -0.1) is 0 Å². The molecule has 1 N–H and O–H groups in total. The Morgan fingerprint density at radius 3 is 2.84 bits per heavy atom. The molecule has 0 aromatic carbocycles. The minimum Gasteiger partial charge on any atom is -0.378 e. The van der Waals surface area contributed by atoms with Crippen LogP contribution in [-0.4, -0.2) is 36.7 Å². The first-order valence-corrected chi connectivity index (χ1v) is 8.79. The molecule has 0 radical (unpaired) electrons. The normalized spacial score (nSPS) is 34.3. The summed E-state index contributed by atoms with van der Waals surface area (Å²) in [5, 5.41) is 4.73. The van der Waals surface area contributed by atoms with Gasteiger partial charge in [0, 0.05) is 31.4 Å². The minimum absolute atomic E-state index is 0.409. The summed E-state index contributed by atoms with van der Waals surface area (Å²) in [6, 6.07) is 0.